The summed E-state index contributed by atoms with van der Waals surface area (Å²) in [4.78, 5) is 37.6. The van der Waals surface area contributed by atoms with Crippen LogP contribution in [-0.2, 0) is 4.79 Å². The molecule has 0 atom stereocenters. The molecule has 2 aromatic carbocycles. The minimum atomic E-state index is -0.337. The quantitative estimate of drug-likeness (QED) is 0.727. The second kappa shape index (κ2) is 9.73. The molecule has 4 amide bonds. The fourth-order valence-corrected chi connectivity index (χ4v) is 3.32. The Bertz CT molecular complexity index is 844. The van der Waals surface area contributed by atoms with Gasteiger partial charge >= 0.3 is 6.03 Å². The maximum absolute atomic E-state index is 12.7. The van der Waals surface area contributed by atoms with Crippen LogP contribution >= 0.6 is 0 Å². The van der Waals surface area contributed by atoms with Gasteiger partial charge in [0.05, 0.1) is 0 Å². The van der Waals surface area contributed by atoms with Gasteiger partial charge in [-0.3, -0.25) is 9.59 Å². The molecule has 1 saturated heterocycles. The molecule has 0 aromatic heterocycles. The van der Waals surface area contributed by atoms with Crippen LogP contribution in [0.5, 0.6) is 0 Å². The first-order valence-electron chi connectivity index (χ1n) is 9.78. The van der Waals surface area contributed by atoms with Gasteiger partial charge in [0.1, 0.15) is 0 Å². The highest BCUT2D eigenvalue weighted by atomic mass is 16.2. The highest BCUT2D eigenvalue weighted by Crippen LogP contribution is 2.19. The molecular formula is C22H26N4O3. The van der Waals surface area contributed by atoms with E-state index in [1.807, 2.05) is 23.1 Å². The van der Waals surface area contributed by atoms with E-state index in [4.69, 9.17) is 0 Å². The van der Waals surface area contributed by atoms with E-state index < -0.39 is 0 Å². The van der Waals surface area contributed by atoms with Gasteiger partial charge in [0, 0.05) is 43.5 Å². The first-order valence-corrected chi connectivity index (χ1v) is 9.78. The molecule has 7 heteroatoms. The molecule has 1 heterocycles. The largest absolute Gasteiger partial charge is 0.356 e. The third-order valence-corrected chi connectivity index (χ3v) is 4.96. The summed E-state index contributed by atoms with van der Waals surface area (Å²) in [6, 6.07) is 15.7. The summed E-state index contributed by atoms with van der Waals surface area (Å²) in [5.74, 6) is 0.385. The van der Waals surface area contributed by atoms with Gasteiger partial charge in [-0.2, -0.15) is 0 Å². The lowest BCUT2D eigenvalue weighted by atomic mass is 9.96. The van der Waals surface area contributed by atoms with E-state index >= 15 is 0 Å². The minimum absolute atomic E-state index is 0.0109. The summed E-state index contributed by atoms with van der Waals surface area (Å²) in [7, 11) is 0. The number of urea groups is 1. The summed E-state index contributed by atoms with van der Waals surface area (Å²) >= 11 is 0. The lowest BCUT2D eigenvalue weighted by Gasteiger charge is -2.32. The van der Waals surface area contributed by atoms with Crippen LogP contribution in [0.25, 0.3) is 0 Å². The third-order valence-electron chi connectivity index (χ3n) is 4.96. The van der Waals surface area contributed by atoms with Crippen LogP contribution in [0.2, 0.25) is 0 Å². The van der Waals surface area contributed by atoms with Gasteiger partial charge in [-0.1, -0.05) is 18.2 Å². The second-order valence-corrected chi connectivity index (χ2v) is 7.20. The van der Waals surface area contributed by atoms with E-state index in [1.54, 1.807) is 36.4 Å². The van der Waals surface area contributed by atoms with E-state index in [9.17, 15) is 14.4 Å². The Labute approximate surface area is 170 Å². The Morgan fingerprint density at radius 3 is 2.07 bits per heavy atom. The van der Waals surface area contributed by atoms with Gasteiger partial charge in [-0.15, -0.1) is 0 Å². The number of carbonyl (C=O) groups excluding carboxylic acids is 3. The molecule has 1 aliphatic rings. The van der Waals surface area contributed by atoms with Gasteiger partial charge in [-0.25, -0.2) is 4.79 Å². The van der Waals surface area contributed by atoms with Gasteiger partial charge in [-0.05, 0) is 55.2 Å². The van der Waals surface area contributed by atoms with E-state index in [2.05, 4.69) is 16.0 Å². The van der Waals surface area contributed by atoms with Crippen molar-refractivity contribution in [2.45, 2.75) is 19.8 Å². The normalized spacial score (nSPS) is 14.2. The molecule has 1 fully saturated rings. The molecule has 0 saturated carbocycles. The molecule has 29 heavy (non-hydrogen) atoms. The molecule has 7 nitrogen and oxygen atoms in total. The molecule has 0 spiro atoms. The zero-order valence-corrected chi connectivity index (χ0v) is 16.5. The number of hydrogen-bond donors (Lipinski definition) is 3. The minimum Gasteiger partial charge on any atom is -0.356 e. The van der Waals surface area contributed by atoms with Crippen molar-refractivity contribution < 1.29 is 14.4 Å². The molecule has 0 aliphatic carbocycles. The van der Waals surface area contributed by atoms with Crippen LogP contribution in [0.3, 0.4) is 0 Å². The monoisotopic (exact) mass is 394 g/mol. The maximum atomic E-state index is 12.7. The van der Waals surface area contributed by atoms with Gasteiger partial charge in [0.15, 0.2) is 0 Å². The van der Waals surface area contributed by atoms with Crippen LogP contribution in [0, 0.1) is 5.92 Å². The number of carbonyl (C=O) groups is 3. The van der Waals surface area contributed by atoms with Crippen molar-refractivity contribution in [3.8, 4) is 0 Å². The fraction of sp³-hybridized carbons (Fsp3) is 0.318. The molecular weight excluding hydrogens is 368 g/mol. The first kappa shape index (κ1) is 20.4. The Morgan fingerprint density at radius 2 is 1.48 bits per heavy atom. The van der Waals surface area contributed by atoms with E-state index in [-0.39, 0.29) is 17.8 Å². The summed E-state index contributed by atoms with van der Waals surface area (Å²) < 4.78 is 0. The standard InChI is InChI=1S/C22H26N4O3/c1-16(27)23-15-17-11-13-26(14-12-17)21(28)18-7-9-20(10-8-18)25-22(29)24-19-5-3-2-4-6-19/h2-10,17H,11-15H2,1H3,(H,23,27)(H2,24,25,29). The summed E-state index contributed by atoms with van der Waals surface area (Å²) in [5.41, 5.74) is 1.92. The number of rotatable bonds is 5. The molecule has 0 bridgehead atoms. The van der Waals surface area contributed by atoms with Crippen LogP contribution in [0.15, 0.2) is 54.6 Å². The topological polar surface area (TPSA) is 90.5 Å². The Balaban J connectivity index is 1.49. The summed E-state index contributed by atoms with van der Waals surface area (Å²) in [6.07, 6.45) is 1.76. The zero-order chi connectivity index (χ0) is 20.6. The van der Waals surface area contributed by atoms with Crippen molar-refractivity contribution >= 4 is 29.2 Å². The summed E-state index contributed by atoms with van der Waals surface area (Å²) in [6.45, 7) is 3.55. The Morgan fingerprint density at radius 1 is 0.897 bits per heavy atom. The van der Waals surface area contributed by atoms with Gasteiger partial charge in [0.2, 0.25) is 5.91 Å². The van der Waals surface area contributed by atoms with Crippen LogP contribution in [0.4, 0.5) is 16.2 Å². The lowest BCUT2D eigenvalue weighted by Crippen LogP contribution is -2.41. The Kier molecular flexibility index (Phi) is 6.84. The van der Waals surface area contributed by atoms with Crippen molar-refractivity contribution in [1.29, 1.82) is 0 Å². The highest BCUT2D eigenvalue weighted by molar-refractivity contribution is 6.00. The number of para-hydroxylation sites is 1. The number of hydrogen-bond acceptors (Lipinski definition) is 3. The van der Waals surface area contributed by atoms with Crippen molar-refractivity contribution in [3.63, 3.8) is 0 Å². The van der Waals surface area contributed by atoms with E-state index in [0.29, 0.717) is 42.5 Å². The van der Waals surface area contributed by atoms with Crippen molar-refractivity contribution in [2.24, 2.45) is 5.92 Å². The Hall–Kier alpha value is -3.35. The predicted molar refractivity (Wildman–Crippen MR) is 113 cm³/mol. The average Bonchev–Trinajstić information content (AvgIpc) is 2.73. The molecule has 0 unspecified atom stereocenters. The maximum Gasteiger partial charge on any atom is 0.323 e. The molecule has 152 valence electrons. The summed E-state index contributed by atoms with van der Waals surface area (Å²) in [5, 5.41) is 8.35. The average molecular weight is 394 g/mol. The number of likely N-dealkylation sites (tertiary alicyclic amines) is 1. The van der Waals surface area contributed by atoms with Crippen molar-refractivity contribution in [2.75, 3.05) is 30.3 Å². The number of amides is 4. The number of nitrogens with one attached hydrogen (secondary N) is 3. The number of nitrogens with zero attached hydrogens (tertiary/aromatic N) is 1. The van der Waals surface area contributed by atoms with Gasteiger partial charge < -0.3 is 20.9 Å². The van der Waals surface area contributed by atoms with Crippen LogP contribution < -0.4 is 16.0 Å². The number of benzene rings is 2. The van der Waals surface area contributed by atoms with E-state index in [0.717, 1.165) is 12.8 Å². The van der Waals surface area contributed by atoms with Crippen molar-refractivity contribution in [3.05, 3.63) is 60.2 Å². The first-order chi connectivity index (χ1) is 14.0. The van der Waals surface area contributed by atoms with Crippen molar-refractivity contribution in [1.82, 2.24) is 10.2 Å². The number of anilines is 2. The van der Waals surface area contributed by atoms with E-state index in [1.165, 1.54) is 6.92 Å². The second-order valence-electron chi connectivity index (χ2n) is 7.20. The van der Waals surface area contributed by atoms with Gasteiger partial charge in [0.25, 0.3) is 5.91 Å². The SMILES string of the molecule is CC(=O)NCC1CCN(C(=O)c2ccc(NC(=O)Nc3ccccc3)cc2)CC1. The lowest BCUT2D eigenvalue weighted by molar-refractivity contribution is -0.119. The molecule has 3 rings (SSSR count). The predicted octanol–water partition coefficient (Wildman–Crippen LogP) is 3.32. The molecule has 0 radical (unpaired) electrons. The van der Waals surface area contributed by atoms with Crippen LogP contribution in [-0.4, -0.2) is 42.4 Å². The fourth-order valence-electron chi connectivity index (χ4n) is 3.32. The molecule has 2 aromatic rings. The smallest absolute Gasteiger partial charge is 0.323 e. The zero-order valence-electron chi connectivity index (χ0n) is 16.5. The molecule has 1 aliphatic heterocycles. The highest BCUT2D eigenvalue weighted by Gasteiger charge is 2.23. The van der Waals surface area contributed by atoms with Crippen LogP contribution in [0.1, 0.15) is 30.1 Å². The molecule has 3 N–H and O–H groups in total. The number of piperidine rings is 1. The third kappa shape index (κ3) is 6.07.